The van der Waals surface area contributed by atoms with E-state index >= 15 is 0 Å². The first kappa shape index (κ1) is 11.9. The number of hydrogen-bond donors (Lipinski definition) is 2. The molecule has 0 atom stereocenters. The lowest BCUT2D eigenvalue weighted by atomic mass is 10.2. The molecular formula is C13H10ClFN4. The number of anilines is 2. The van der Waals surface area contributed by atoms with Gasteiger partial charge in [0.15, 0.2) is 5.82 Å². The molecule has 0 unspecified atom stereocenters. The van der Waals surface area contributed by atoms with E-state index in [0.717, 1.165) is 16.5 Å². The van der Waals surface area contributed by atoms with Crippen molar-refractivity contribution >= 4 is 34.0 Å². The van der Waals surface area contributed by atoms with E-state index in [1.54, 1.807) is 12.3 Å². The topological polar surface area (TPSA) is 53.6 Å². The maximum absolute atomic E-state index is 13.1. The quantitative estimate of drug-likeness (QED) is 0.748. The Morgan fingerprint density at radius 3 is 3.00 bits per heavy atom. The van der Waals surface area contributed by atoms with Gasteiger partial charge in [0.25, 0.3) is 0 Å². The molecule has 0 aliphatic rings. The van der Waals surface area contributed by atoms with Crippen LogP contribution in [0, 0.1) is 12.7 Å². The summed E-state index contributed by atoms with van der Waals surface area (Å²) in [6, 6.07) is 4.42. The van der Waals surface area contributed by atoms with Crippen molar-refractivity contribution < 1.29 is 4.39 Å². The minimum absolute atomic E-state index is 0.0657. The lowest BCUT2D eigenvalue weighted by Gasteiger charge is -2.07. The van der Waals surface area contributed by atoms with Gasteiger partial charge in [0.1, 0.15) is 5.82 Å². The molecule has 96 valence electrons. The second-order valence-electron chi connectivity index (χ2n) is 4.21. The SMILES string of the molecule is Cc1c[nH]c2cnnc(Nc3ccc(F)c(Cl)c3)c12. The fourth-order valence-electron chi connectivity index (χ4n) is 1.95. The van der Waals surface area contributed by atoms with Crippen LogP contribution in [0.3, 0.4) is 0 Å². The van der Waals surface area contributed by atoms with Gasteiger partial charge in [-0.1, -0.05) is 11.6 Å². The molecule has 0 aliphatic carbocycles. The molecule has 2 N–H and O–H groups in total. The Labute approximate surface area is 113 Å². The second-order valence-corrected chi connectivity index (χ2v) is 4.61. The normalized spacial score (nSPS) is 10.9. The van der Waals surface area contributed by atoms with E-state index in [9.17, 15) is 4.39 Å². The molecule has 0 bridgehead atoms. The summed E-state index contributed by atoms with van der Waals surface area (Å²) in [4.78, 5) is 3.11. The van der Waals surface area contributed by atoms with Crippen molar-refractivity contribution in [3.8, 4) is 0 Å². The lowest BCUT2D eigenvalue weighted by Crippen LogP contribution is -1.96. The summed E-state index contributed by atoms with van der Waals surface area (Å²) in [7, 11) is 0. The third-order valence-corrected chi connectivity index (χ3v) is 3.16. The summed E-state index contributed by atoms with van der Waals surface area (Å²) in [6.45, 7) is 1.98. The van der Waals surface area contributed by atoms with Crippen LogP contribution in [0.5, 0.6) is 0 Å². The van der Waals surface area contributed by atoms with E-state index in [2.05, 4.69) is 20.5 Å². The molecule has 1 aromatic carbocycles. The summed E-state index contributed by atoms with van der Waals surface area (Å²) in [6.07, 6.45) is 3.54. The van der Waals surface area contributed by atoms with Gasteiger partial charge in [-0.05, 0) is 30.7 Å². The van der Waals surface area contributed by atoms with Crippen LogP contribution in [-0.2, 0) is 0 Å². The van der Waals surface area contributed by atoms with E-state index in [-0.39, 0.29) is 5.02 Å². The van der Waals surface area contributed by atoms with Gasteiger partial charge in [0.05, 0.1) is 16.7 Å². The molecular weight excluding hydrogens is 267 g/mol. The van der Waals surface area contributed by atoms with Crippen LogP contribution in [0.25, 0.3) is 10.9 Å². The highest BCUT2D eigenvalue weighted by Gasteiger charge is 2.09. The van der Waals surface area contributed by atoms with E-state index in [1.165, 1.54) is 12.1 Å². The molecule has 0 saturated carbocycles. The molecule has 3 aromatic rings. The van der Waals surface area contributed by atoms with Gasteiger partial charge in [0, 0.05) is 17.3 Å². The van der Waals surface area contributed by atoms with Crippen LogP contribution in [0.2, 0.25) is 5.02 Å². The number of fused-ring (bicyclic) bond motifs is 1. The van der Waals surface area contributed by atoms with E-state index in [1.807, 2.05) is 13.1 Å². The molecule has 0 radical (unpaired) electrons. The minimum atomic E-state index is -0.450. The van der Waals surface area contributed by atoms with E-state index < -0.39 is 5.82 Å². The average Bonchev–Trinajstić information content (AvgIpc) is 2.77. The number of aryl methyl sites for hydroxylation is 1. The van der Waals surface area contributed by atoms with Gasteiger partial charge in [0.2, 0.25) is 0 Å². The zero-order chi connectivity index (χ0) is 13.4. The summed E-state index contributed by atoms with van der Waals surface area (Å²) in [5, 5.41) is 12.1. The number of H-pyrrole nitrogens is 1. The Bertz CT molecular complexity index is 753. The smallest absolute Gasteiger partial charge is 0.162 e. The van der Waals surface area contributed by atoms with Crippen molar-refractivity contribution in [1.29, 1.82) is 0 Å². The molecule has 0 aliphatic heterocycles. The minimum Gasteiger partial charge on any atom is -0.359 e. The average molecular weight is 277 g/mol. The Kier molecular flexibility index (Phi) is 2.83. The first-order valence-corrected chi connectivity index (χ1v) is 6.04. The first-order chi connectivity index (χ1) is 9.15. The monoisotopic (exact) mass is 276 g/mol. The number of halogens is 2. The highest BCUT2D eigenvalue weighted by Crippen LogP contribution is 2.27. The van der Waals surface area contributed by atoms with Gasteiger partial charge in [-0.3, -0.25) is 0 Å². The number of aromatic amines is 1. The van der Waals surface area contributed by atoms with Gasteiger partial charge < -0.3 is 10.3 Å². The van der Waals surface area contributed by atoms with Crippen molar-refractivity contribution in [3.63, 3.8) is 0 Å². The zero-order valence-corrected chi connectivity index (χ0v) is 10.8. The molecule has 0 saturated heterocycles. The number of aromatic nitrogens is 3. The Morgan fingerprint density at radius 1 is 1.37 bits per heavy atom. The molecule has 0 amide bonds. The molecule has 6 heteroatoms. The standard InChI is InChI=1S/C13H10ClFN4/c1-7-5-16-11-6-17-19-13(12(7)11)18-8-2-3-10(15)9(14)4-8/h2-6,16H,1H3,(H,18,19). The van der Waals surface area contributed by atoms with Crippen LogP contribution >= 0.6 is 11.6 Å². The predicted octanol–water partition coefficient (Wildman–Crippen LogP) is 3.80. The maximum Gasteiger partial charge on any atom is 0.162 e. The summed E-state index contributed by atoms with van der Waals surface area (Å²) < 4.78 is 13.1. The Morgan fingerprint density at radius 2 is 2.21 bits per heavy atom. The largest absolute Gasteiger partial charge is 0.359 e. The van der Waals surface area contributed by atoms with Crippen LogP contribution in [0.1, 0.15) is 5.56 Å². The zero-order valence-electron chi connectivity index (χ0n) is 10.0. The van der Waals surface area contributed by atoms with Gasteiger partial charge in [-0.25, -0.2) is 4.39 Å². The third kappa shape index (κ3) is 2.13. The molecule has 19 heavy (non-hydrogen) atoms. The van der Waals surface area contributed by atoms with Crippen LogP contribution in [0.4, 0.5) is 15.9 Å². The number of benzene rings is 1. The summed E-state index contributed by atoms with van der Waals surface area (Å²) in [5.41, 5.74) is 2.61. The van der Waals surface area contributed by atoms with Crippen molar-refractivity contribution in [2.75, 3.05) is 5.32 Å². The number of rotatable bonds is 2. The number of nitrogens with one attached hydrogen (secondary N) is 2. The molecule has 3 rings (SSSR count). The first-order valence-electron chi connectivity index (χ1n) is 5.66. The Hall–Kier alpha value is -2.14. The highest BCUT2D eigenvalue weighted by molar-refractivity contribution is 6.31. The fraction of sp³-hybridized carbons (Fsp3) is 0.0769. The van der Waals surface area contributed by atoms with Crippen LogP contribution in [0.15, 0.2) is 30.6 Å². The van der Waals surface area contributed by atoms with Gasteiger partial charge in [-0.2, -0.15) is 5.10 Å². The molecule has 0 fully saturated rings. The van der Waals surface area contributed by atoms with Crippen molar-refractivity contribution in [1.82, 2.24) is 15.2 Å². The van der Waals surface area contributed by atoms with Crippen LogP contribution < -0.4 is 5.32 Å². The van der Waals surface area contributed by atoms with Crippen molar-refractivity contribution in [2.24, 2.45) is 0 Å². The third-order valence-electron chi connectivity index (χ3n) is 2.87. The molecule has 4 nitrogen and oxygen atoms in total. The summed E-state index contributed by atoms with van der Waals surface area (Å²) >= 11 is 5.75. The molecule has 0 spiro atoms. The molecule has 2 heterocycles. The number of hydrogen-bond acceptors (Lipinski definition) is 3. The van der Waals surface area contributed by atoms with E-state index in [0.29, 0.717) is 11.5 Å². The van der Waals surface area contributed by atoms with Gasteiger partial charge >= 0.3 is 0 Å². The maximum atomic E-state index is 13.1. The predicted molar refractivity (Wildman–Crippen MR) is 73.3 cm³/mol. The van der Waals surface area contributed by atoms with Gasteiger partial charge in [-0.15, -0.1) is 5.10 Å². The summed E-state index contributed by atoms with van der Waals surface area (Å²) in [5.74, 6) is 0.160. The highest BCUT2D eigenvalue weighted by atomic mass is 35.5. The van der Waals surface area contributed by atoms with Crippen LogP contribution in [-0.4, -0.2) is 15.2 Å². The van der Waals surface area contributed by atoms with Crippen molar-refractivity contribution in [3.05, 3.63) is 47.0 Å². The number of nitrogens with zero attached hydrogens (tertiary/aromatic N) is 2. The van der Waals surface area contributed by atoms with Crippen molar-refractivity contribution in [2.45, 2.75) is 6.92 Å². The lowest BCUT2D eigenvalue weighted by molar-refractivity contribution is 0.628. The van der Waals surface area contributed by atoms with E-state index in [4.69, 9.17) is 11.6 Å². The Balaban J connectivity index is 2.05. The fourth-order valence-corrected chi connectivity index (χ4v) is 2.13. The molecule has 2 aromatic heterocycles. The second kappa shape index (κ2) is 4.51.